The number of likely N-dealkylation sites (tertiary alicyclic amines) is 1. The zero-order valence-electron chi connectivity index (χ0n) is 37.3. The SMILES string of the molecule is CC[C@H](C)[C@@H]([C@@H](CC(=O)N1CCCC1[C@H](OC)[C@@H](C)C(=O)N[C@@H](Cc1ccccc1)P(=O)(O)CC(=O)OC)OC)N(C)C(=O)C(N=C(N(C)C)N1CCNCC1)C(C)C. The largest absolute Gasteiger partial charge is 0.469 e. The number of methoxy groups -OCH3 is 3. The Kier molecular flexibility index (Phi) is 19.8. The highest BCUT2D eigenvalue weighted by Crippen LogP contribution is 2.46. The summed E-state index contributed by atoms with van der Waals surface area (Å²) >= 11 is 0. The average Bonchev–Trinajstić information content (AvgIpc) is 3.70. The van der Waals surface area contributed by atoms with Crippen LogP contribution in [-0.2, 0) is 44.4 Å². The second-order valence-electron chi connectivity index (χ2n) is 16.5. The summed E-state index contributed by atoms with van der Waals surface area (Å²) in [7, 11) is 5.57. The first kappa shape index (κ1) is 49.8. The first-order valence-electron chi connectivity index (χ1n) is 21.0. The highest BCUT2D eigenvalue weighted by atomic mass is 31.2. The molecular weight excluding hydrogens is 777 g/mol. The third kappa shape index (κ3) is 13.5. The van der Waals surface area contributed by atoms with Crippen molar-refractivity contribution < 1.29 is 42.8 Å². The van der Waals surface area contributed by atoms with Crippen LogP contribution in [0.5, 0.6) is 0 Å². The zero-order chi connectivity index (χ0) is 44.0. The fourth-order valence-electron chi connectivity index (χ4n) is 8.26. The van der Waals surface area contributed by atoms with Gasteiger partial charge in [0, 0.05) is 74.5 Å². The Hall–Kier alpha value is -3.56. The van der Waals surface area contributed by atoms with Crippen molar-refractivity contribution in [1.29, 1.82) is 0 Å². The van der Waals surface area contributed by atoms with Crippen molar-refractivity contribution in [3.8, 4) is 0 Å². The predicted octanol–water partition coefficient (Wildman–Crippen LogP) is 2.88. The van der Waals surface area contributed by atoms with Crippen LogP contribution in [-0.4, -0.2) is 172 Å². The predicted molar refractivity (Wildman–Crippen MR) is 229 cm³/mol. The summed E-state index contributed by atoms with van der Waals surface area (Å²) in [6.45, 7) is 13.5. The molecule has 3 N–H and O–H groups in total. The molecule has 2 aliphatic rings. The van der Waals surface area contributed by atoms with Crippen LogP contribution >= 0.6 is 7.37 Å². The number of nitrogens with one attached hydrogen (secondary N) is 2. The Bertz CT molecular complexity index is 1590. The van der Waals surface area contributed by atoms with Crippen molar-refractivity contribution in [3.63, 3.8) is 0 Å². The van der Waals surface area contributed by atoms with Gasteiger partial charge in [0.05, 0.1) is 43.7 Å². The minimum absolute atomic E-state index is 0.00362. The summed E-state index contributed by atoms with van der Waals surface area (Å²) in [4.78, 5) is 78.6. The maximum Gasteiger partial charge on any atom is 0.315 e. The molecule has 0 aliphatic carbocycles. The summed E-state index contributed by atoms with van der Waals surface area (Å²) in [5.74, 6) is -3.18. The second kappa shape index (κ2) is 23.4. The fraction of sp³-hybridized carbons (Fsp3) is 0.738. The number of rotatable bonds is 20. The summed E-state index contributed by atoms with van der Waals surface area (Å²) < 4.78 is 30.2. The van der Waals surface area contributed by atoms with Crippen LogP contribution in [0.2, 0.25) is 0 Å². The monoisotopic (exact) mass is 850 g/mol. The molecule has 9 atom stereocenters. The maximum absolute atomic E-state index is 14.5. The Balaban J connectivity index is 1.84. The van der Waals surface area contributed by atoms with Gasteiger partial charge in [-0.1, -0.05) is 71.4 Å². The number of nitrogens with zero attached hydrogens (tertiary/aromatic N) is 5. The van der Waals surface area contributed by atoms with Gasteiger partial charge in [-0.15, -0.1) is 0 Å². The van der Waals surface area contributed by atoms with E-state index in [0.29, 0.717) is 24.9 Å². The normalized spacial score (nSPS) is 20.8. The van der Waals surface area contributed by atoms with Gasteiger partial charge in [0.25, 0.3) is 0 Å². The summed E-state index contributed by atoms with van der Waals surface area (Å²) in [6.07, 6.45) is -0.128. The molecule has 0 radical (unpaired) electrons. The zero-order valence-corrected chi connectivity index (χ0v) is 38.2. The minimum atomic E-state index is -4.28. The Morgan fingerprint density at radius 3 is 2.19 bits per heavy atom. The van der Waals surface area contributed by atoms with Crippen molar-refractivity contribution in [1.82, 2.24) is 30.2 Å². The molecule has 3 unspecified atom stereocenters. The molecule has 2 heterocycles. The van der Waals surface area contributed by atoms with Crippen LogP contribution in [0.1, 0.15) is 65.9 Å². The topological polar surface area (TPSA) is 183 Å². The molecule has 334 valence electrons. The third-order valence-corrected chi connectivity index (χ3v) is 13.8. The second-order valence-corrected chi connectivity index (χ2v) is 19.0. The van der Waals surface area contributed by atoms with Gasteiger partial charge >= 0.3 is 5.97 Å². The lowest BCUT2D eigenvalue weighted by atomic mass is 9.89. The van der Waals surface area contributed by atoms with Gasteiger partial charge in [-0.2, -0.15) is 0 Å². The van der Waals surface area contributed by atoms with Crippen LogP contribution in [0.25, 0.3) is 0 Å². The number of amides is 3. The van der Waals surface area contributed by atoms with Gasteiger partial charge < -0.3 is 49.3 Å². The van der Waals surface area contributed by atoms with Crippen LogP contribution in [0, 0.1) is 17.8 Å². The number of piperazine rings is 1. The lowest BCUT2D eigenvalue weighted by Gasteiger charge is -2.40. The quantitative estimate of drug-likeness (QED) is 0.0757. The highest BCUT2D eigenvalue weighted by molar-refractivity contribution is 7.59. The smallest absolute Gasteiger partial charge is 0.315 e. The van der Waals surface area contributed by atoms with Crippen molar-refractivity contribution in [3.05, 3.63) is 35.9 Å². The number of likely N-dealkylation sites (N-methyl/N-ethyl adjacent to an activating group) is 1. The molecule has 1 aromatic carbocycles. The van der Waals surface area contributed by atoms with E-state index in [-0.39, 0.29) is 36.5 Å². The van der Waals surface area contributed by atoms with E-state index in [9.17, 15) is 28.6 Å². The summed E-state index contributed by atoms with van der Waals surface area (Å²) in [5, 5.41) is 6.12. The van der Waals surface area contributed by atoms with E-state index in [1.807, 2.05) is 38.9 Å². The van der Waals surface area contributed by atoms with Crippen molar-refractivity contribution in [2.75, 3.05) is 81.4 Å². The Morgan fingerprint density at radius 1 is 1.00 bits per heavy atom. The molecule has 59 heavy (non-hydrogen) atoms. The van der Waals surface area contributed by atoms with E-state index in [1.54, 1.807) is 55.1 Å². The van der Waals surface area contributed by atoms with E-state index < -0.39 is 67.4 Å². The third-order valence-electron chi connectivity index (χ3n) is 11.8. The van der Waals surface area contributed by atoms with Crippen LogP contribution in [0.15, 0.2) is 35.3 Å². The Morgan fingerprint density at radius 2 is 1.64 bits per heavy atom. The van der Waals surface area contributed by atoms with Gasteiger partial charge in [-0.25, -0.2) is 4.99 Å². The molecule has 17 heteroatoms. The lowest BCUT2D eigenvalue weighted by Crippen LogP contribution is -2.55. The molecule has 0 spiro atoms. The lowest BCUT2D eigenvalue weighted by molar-refractivity contribution is -0.146. The minimum Gasteiger partial charge on any atom is -0.469 e. The number of guanidine groups is 1. The highest BCUT2D eigenvalue weighted by Gasteiger charge is 2.44. The first-order chi connectivity index (χ1) is 27.9. The summed E-state index contributed by atoms with van der Waals surface area (Å²) in [6, 6.07) is 7.38. The van der Waals surface area contributed by atoms with Gasteiger partial charge in [0.2, 0.25) is 25.1 Å². The number of hydrogen-bond acceptors (Lipinski definition) is 10. The van der Waals surface area contributed by atoms with Crippen LogP contribution in [0.3, 0.4) is 0 Å². The van der Waals surface area contributed by atoms with E-state index in [1.165, 1.54) is 7.11 Å². The molecule has 3 amide bonds. The summed E-state index contributed by atoms with van der Waals surface area (Å²) in [5.41, 5.74) is 0.706. The van der Waals surface area contributed by atoms with Crippen LogP contribution in [0.4, 0.5) is 0 Å². The van der Waals surface area contributed by atoms with E-state index >= 15 is 0 Å². The molecule has 1 aromatic rings. The molecular formula is C42H72N7O9P. The molecule has 3 rings (SSSR count). The molecule has 2 aliphatic heterocycles. The van der Waals surface area contributed by atoms with Crippen LogP contribution < -0.4 is 10.6 Å². The molecule has 2 saturated heterocycles. The van der Waals surface area contributed by atoms with Gasteiger partial charge in [0.15, 0.2) is 5.96 Å². The Labute approximate surface area is 352 Å². The first-order valence-corrected chi connectivity index (χ1v) is 22.9. The number of carbonyl (C=O) groups excluding carboxylic acids is 4. The fourth-order valence-corrected chi connectivity index (χ4v) is 9.81. The van der Waals surface area contributed by atoms with Crippen molar-refractivity contribution in [2.24, 2.45) is 22.7 Å². The number of ether oxygens (including phenoxy) is 3. The number of carbonyl (C=O) groups is 4. The number of esters is 1. The molecule has 2 fully saturated rings. The number of aliphatic imine (C=N–C) groups is 1. The van der Waals surface area contributed by atoms with Crippen molar-refractivity contribution >= 4 is 37.0 Å². The number of hydrogen-bond donors (Lipinski definition) is 3. The molecule has 0 bridgehead atoms. The van der Waals surface area contributed by atoms with Crippen molar-refractivity contribution in [2.45, 2.75) is 103 Å². The van der Waals surface area contributed by atoms with E-state index in [4.69, 9.17) is 14.5 Å². The van der Waals surface area contributed by atoms with Gasteiger partial charge in [-0.05, 0) is 30.2 Å². The van der Waals surface area contributed by atoms with Gasteiger partial charge in [0.1, 0.15) is 18.0 Å². The maximum atomic E-state index is 14.5. The molecule has 0 aromatic heterocycles. The standard InChI is InChI=1S/C42H72N7O9P/c1-12-29(4)38(47(8)41(53)37(28(2)3)45-42(46(6)7)48-23-20-43-21-24-48)33(56-9)26-35(50)49-22-16-19-32(49)39(58-11)30(5)40(52)44-34(25-31-17-14-13-15-18-31)59(54,55)27-36(51)57-10/h13-15,17-18,28-30,32-34,37-39,43H,12,16,19-27H2,1-11H3,(H,44,52)(H,54,55)/t29-,30+,32?,33+,34+,37?,38-,39+/m0/s1. The average molecular weight is 850 g/mol. The number of benzene rings is 1. The molecule has 16 nitrogen and oxygen atoms in total. The van der Waals surface area contributed by atoms with E-state index in [0.717, 1.165) is 45.7 Å². The van der Waals surface area contributed by atoms with E-state index in [2.05, 4.69) is 34.1 Å². The molecule has 0 saturated carbocycles. The van der Waals surface area contributed by atoms with Gasteiger partial charge in [-0.3, -0.25) is 23.7 Å².